The Labute approximate surface area is 200 Å². The molecule has 0 aliphatic heterocycles. The first-order chi connectivity index (χ1) is 16.7. The third kappa shape index (κ3) is 7.83. The highest BCUT2D eigenvalue weighted by atomic mass is 16.6. The van der Waals surface area contributed by atoms with Crippen LogP contribution in [0.4, 0.5) is 4.79 Å². The van der Waals surface area contributed by atoms with Crippen molar-refractivity contribution in [3.63, 3.8) is 0 Å². The minimum atomic E-state index is -0.457. The average molecular weight is 472 g/mol. The lowest BCUT2D eigenvalue weighted by Crippen LogP contribution is -2.29. The van der Waals surface area contributed by atoms with Gasteiger partial charge in [0.1, 0.15) is 6.61 Å². The first kappa shape index (κ1) is 25.7. The zero-order valence-electron chi connectivity index (χ0n) is 19.6. The minimum absolute atomic E-state index is 0.0423. The minimum Gasteiger partial charge on any atom is -0.466 e. The van der Waals surface area contributed by atoms with Gasteiger partial charge in [0.15, 0.2) is 0 Å². The molecule has 1 N–H and O–H groups in total. The molecule has 34 heavy (non-hydrogen) atoms. The average Bonchev–Trinajstić information content (AvgIpc) is 3.17. The molecule has 0 bridgehead atoms. The molecule has 0 spiro atoms. The summed E-state index contributed by atoms with van der Waals surface area (Å²) >= 11 is 0. The number of amides is 1. The van der Waals surface area contributed by atoms with Crippen LogP contribution in [0.1, 0.15) is 30.4 Å². The maximum atomic E-state index is 12.1. The zero-order chi connectivity index (χ0) is 24.0. The number of rotatable bonds is 15. The Hall–Kier alpha value is -2.94. The van der Waals surface area contributed by atoms with Crippen molar-refractivity contribution in [1.29, 1.82) is 0 Å². The molecule has 184 valence electrons. The fourth-order valence-electron chi connectivity index (χ4n) is 3.81. The van der Waals surface area contributed by atoms with Gasteiger partial charge in [-0.2, -0.15) is 0 Å². The molecule has 8 heteroatoms. The molecule has 0 unspecified atom stereocenters. The van der Waals surface area contributed by atoms with Crippen LogP contribution in [0.5, 0.6) is 0 Å². The van der Waals surface area contributed by atoms with Crippen LogP contribution in [0.3, 0.4) is 0 Å². The molecule has 0 saturated heterocycles. The van der Waals surface area contributed by atoms with E-state index in [9.17, 15) is 9.59 Å². The number of hydrogen-bond donors (Lipinski definition) is 1. The summed E-state index contributed by atoms with van der Waals surface area (Å²) in [7, 11) is 0. The van der Waals surface area contributed by atoms with Crippen LogP contribution < -0.4 is 5.32 Å². The van der Waals surface area contributed by atoms with E-state index in [0.29, 0.717) is 52.8 Å². The van der Waals surface area contributed by atoms with Crippen molar-refractivity contribution in [2.45, 2.75) is 19.3 Å². The summed E-state index contributed by atoms with van der Waals surface area (Å²) in [5, 5.41) is 2.71. The second-order valence-corrected chi connectivity index (χ2v) is 7.64. The number of nitrogens with one attached hydrogen (secondary N) is 1. The van der Waals surface area contributed by atoms with Gasteiger partial charge < -0.3 is 29.0 Å². The van der Waals surface area contributed by atoms with Gasteiger partial charge in [0, 0.05) is 12.5 Å². The molecule has 0 heterocycles. The second kappa shape index (κ2) is 14.3. The Kier molecular flexibility index (Phi) is 10.8. The molecular weight excluding hydrogens is 438 g/mol. The van der Waals surface area contributed by atoms with Crippen LogP contribution in [0.15, 0.2) is 48.5 Å². The third-order valence-corrected chi connectivity index (χ3v) is 5.36. The highest BCUT2D eigenvalue weighted by molar-refractivity contribution is 5.79. The van der Waals surface area contributed by atoms with Gasteiger partial charge in [-0.25, -0.2) is 4.79 Å². The SMILES string of the molecule is CCOC(=O)CCOCCOCCOCCNC(=O)OCC1c2ccccc2-c2ccccc21. The van der Waals surface area contributed by atoms with E-state index in [0.717, 1.165) is 0 Å². The molecule has 0 aromatic heterocycles. The molecule has 0 radical (unpaired) electrons. The van der Waals surface area contributed by atoms with Crippen molar-refractivity contribution in [1.82, 2.24) is 5.32 Å². The smallest absolute Gasteiger partial charge is 0.407 e. The molecule has 0 atom stereocenters. The monoisotopic (exact) mass is 471 g/mol. The Morgan fingerprint density at radius 1 is 0.765 bits per heavy atom. The number of fused-ring (bicyclic) bond motifs is 3. The van der Waals surface area contributed by atoms with Crippen LogP contribution in [-0.2, 0) is 28.5 Å². The Morgan fingerprint density at radius 3 is 1.94 bits per heavy atom. The maximum Gasteiger partial charge on any atom is 0.407 e. The predicted molar refractivity (Wildman–Crippen MR) is 127 cm³/mol. The number of hydrogen-bond acceptors (Lipinski definition) is 7. The van der Waals surface area contributed by atoms with E-state index in [1.807, 2.05) is 24.3 Å². The number of ether oxygens (including phenoxy) is 5. The Bertz CT molecular complexity index is 872. The lowest BCUT2D eigenvalue weighted by molar-refractivity contribution is -0.144. The van der Waals surface area contributed by atoms with Crippen LogP contribution in [-0.4, -0.2) is 71.5 Å². The quantitative estimate of drug-likeness (QED) is 0.314. The van der Waals surface area contributed by atoms with Gasteiger partial charge in [0.05, 0.1) is 52.7 Å². The lowest BCUT2D eigenvalue weighted by atomic mass is 9.98. The molecule has 0 saturated carbocycles. The molecule has 0 fully saturated rings. The summed E-state index contributed by atoms with van der Waals surface area (Å²) < 4.78 is 26.4. The fraction of sp³-hybridized carbons (Fsp3) is 0.462. The highest BCUT2D eigenvalue weighted by Gasteiger charge is 2.28. The van der Waals surface area contributed by atoms with Crippen LogP contribution in [0.25, 0.3) is 11.1 Å². The van der Waals surface area contributed by atoms with Crippen LogP contribution >= 0.6 is 0 Å². The molecule has 3 rings (SSSR count). The summed E-state index contributed by atoms with van der Waals surface area (Å²) in [5.74, 6) is -0.218. The summed E-state index contributed by atoms with van der Waals surface area (Å²) in [6.07, 6.45) is -0.213. The van der Waals surface area contributed by atoms with Crippen LogP contribution in [0.2, 0.25) is 0 Å². The number of alkyl carbamates (subject to hydrolysis) is 1. The standard InChI is InChI=1S/C26H33NO7/c1-2-33-25(28)11-13-30-15-17-32-18-16-31-14-12-27-26(29)34-19-24-22-9-5-3-7-20(22)21-8-4-6-10-23(21)24/h3-10,24H,2,11-19H2,1H3,(H,27,29). The van der Waals surface area contributed by atoms with E-state index >= 15 is 0 Å². The molecule has 2 aromatic carbocycles. The molecule has 2 aromatic rings. The summed E-state index contributed by atoms with van der Waals surface area (Å²) in [6.45, 7) is 5.14. The predicted octanol–water partition coefficient (Wildman–Crippen LogP) is 3.53. The second-order valence-electron chi connectivity index (χ2n) is 7.64. The van der Waals surface area contributed by atoms with Gasteiger partial charge in [-0.1, -0.05) is 48.5 Å². The first-order valence-electron chi connectivity index (χ1n) is 11.7. The lowest BCUT2D eigenvalue weighted by Gasteiger charge is -2.14. The molecule has 8 nitrogen and oxygen atoms in total. The molecule has 1 amide bonds. The highest BCUT2D eigenvalue weighted by Crippen LogP contribution is 2.44. The van der Waals surface area contributed by atoms with E-state index in [4.69, 9.17) is 23.7 Å². The summed E-state index contributed by atoms with van der Waals surface area (Å²) in [5.41, 5.74) is 4.77. The van der Waals surface area contributed by atoms with Gasteiger partial charge in [0.2, 0.25) is 0 Å². The van der Waals surface area contributed by atoms with Gasteiger partial charge in [-0.05, 0) is 29.2 Å². The Balaban J connectivity index is 1.20. The molecular formula is C26H33NO7. The van der Waals surface area contributed by atoms with Crippen LogP contribution in [0, 0.1) is 0 Å². The van der Waals surface area contributed by atoms with E-state index in [-0.39, 0.29) is 24.9 Å². The van der Waals surface area contributed by atoms with Crippen molar-refractivity contribution >= 4 is 12.1 Å². The van der Waals surface area contributed by atoms with Gasteiger partial charge in [-0.15, -0.1) is 0 Å². The van der Waals surface area contributed by atoms with Crippen molar-refractivity contribution in [2.24, 2.45) is 0 Å². The topological polar surface area (TPSA) is 92.3 Å². The summed E-state index contributed by atoms with van der Waals surface area (Å²) in [6, 6.07) is 16.5. The van der Waals surface area contributed by atoms with Crippen molar-refractivity contribution < 1.29 is 33.3 Å². The van der Waals surface area contributed by atoms with Gasteiger partial charge in [-0.3, -0.25) is 4.79 Å². The summed E-state index contributed by atoms with van der Waals surface area (Å²) in [4.78, 5) is 23.3. The van der Waals surface area contributed by atoms with Gasteiger partial charge >= 0.3 is 12.1 Å². The normalized spacial score (nSPS) is 12.1. The molecule has 1 aliphatic carbocycles. The first-order valence-corrected chi connectivity index (χ1v) is 11.7. The number of benzene rings is 2. The Morgan fingerprint density at radius 2 is 1.32 bits per heavy atom. The number of esters is 1. The van der Waals surface area contributed by atoms with Crippen molar-refractivity contribution in [3.05, 3.63) is 59.7 Å². The maximum absolute atomic E-state index is 12.1. The van der Waals surface area contributed by atoms with E-state index < -0.39 is 6.09 Å². The molecule has 1 aliphatic rings. The van der Waals surface area contributed by atoms with E-state index in [1.165, 1.54) is 22.3 Å². The van der Waals surface area contributed by atoms with Crippen molar-refractivity contribution in [2.75, 3.05) is 59.4 Å². The number of carbonyl (C=O) groups excluding carboxylic acids is 2. The largest absolute Gasteiger partial charge is 0.466 e. The number of carbonyl (C=O) groups is 2. The van der Waals surface area contributed by atoms with E-state index in [1.54, 1.807) is 6.92 Å². The third-order valence-electron chi connectivity index (χ3n) is 5.36. The van der Waals surface area contributed by atoms with Gasteiger partial charge in [0.25, 0.3) is 0 Å². The zero-order valence-corrected chi connectivity index (χ0v) is 19.6. The van der Waals surface area contributed by atoms with Crippen molar-refractivity contribution in [3.8, 4) is 11.1 Å². The fourth-order valence-corrected chi connectivity index (χ4v) is 3.81. The van der Waals surface area contributed by atoms with E-state index in [2.05, 4.69) is 29.6 Å².